The summed E-state index contributed by atoms with van der Waals surface area (Å²) in [4.78, 5) is 34.3. The van der Waals surface area contributed by atoms with Crippen LogP contribution in [0.25, 0.3) is 0 Å². The molecule has 0 bridgehead atoms. The molecule has 0 atom stereocenters. The Balaban J connectivity index is 1.67. The van der Waals surface area contributed by atoms with Crippen molar-refractivity contribution in [3.05, 3.63) is 70.8 Å². The van der Waals surface area contributed by atoms with Gasteiger partial charge in [0.25, 0.3) is 0 Å². The van der Waals surface area contributed by atoms with Gasteiger partial charge in [-0.15, -0.1) is 0 Å². The van der Waals surface area contributed by atoms with Crippen LogP contribution in [0.2, 0.25) is 0 Å². The number of unbranched alkanes of at least 4 members (excludes halogenated alkanes) is 3. The van der Waals surface area contributed by atoms with Crippen LogP contribution in [0.3, 0.4) is 0 Å². The summed E-state index contributed by atoms with van der Waals surface area (Å²) in [6.07, 6.45) is 7.61. The molecular weight excluding hydrogens is 420 g/mol. The molecule has 0 aromatic heterocycles. The number of rotatable bonds is 14. The minimum Gasteiger partial charge on any atom is -0.481 e. The van der Waals surface area contributed by atoms with Crippen LogP contribution >= 0.6 is 0 Å². The molecule has 0 spiro atoms. The van der Waals surface area contributed by atoms with Crippen molar-refractivity contribution < 1.29 is 29.0 Å². The molecule has 0 aliphatic heterocycles. The van der Waals surface area contributed by atoms with Gasteiger partial charge in [-0.3, -0.25) is 14.4 Å². The van der Waals surface area contributed by atoms with Crippen molar-refractivity contribution in [1.29, 1.82) is 0 Å². The monoisotopic (exact) mass is 454 g/mol. The summed E-state index contributed by atoms with van der Waals surface area (Å²) < 4.78 is 9.42. The Morgan fingerprint density at radius 3 is 1.45 bits per heavy atom. The van der Waals surface area contributed by atoms with Crippen molar-refractivity contribution in [3.8, 4) is 0 Å². The predicted molar refractivity (Wildman–Crippen MR) is 126 cm³/mol. The van der Waals surface area contributed by atoms with Gasteiger partial charge in [0.05, 0.1) is 14.2 Å². The standard InChI is InChI=1S/C27H34O6/c1-32-26(30)24(27(31)33-2)19-23-15-13-21(14-16-23)8-6-4-3-5-7-20-9-11-22(12-10-20)17-18-25(28)29/h9-16,24H,3-8,17-19H2,1-2H3,(H,28,29). The normalized spacial score (nSPS) is 10.8. The highest BCUT2D eigenvalue weighted by molar-refractivity contribution is 5.95. The first kappa shape index (κ1) is 26.1. The number of aryl methyl sites for hydroxylation is 3. The molecule has 2 aromatic carbocycles. The van der Waals surface area contributed by atoms with E-state index in [9.17, 15) is 14.4 Å². The zero-order chi connectivity index (χ0) is 24.1. The fourth-order valence-corrected chi connectivity index (χ4v) is 3.76. The second kappa shape index (κ2) is 14.1. The minimum atomic E-state index is -0.938. The van der Waals surface area contributed by atoms with Crippen LogP contribution in [0.1, 0.15) is 54.4 Å². The quantitative estimate of drug-likeness (QED) is 0.256. The molecule has 0 unspecified atom stereocenters. The first-order valence-electron chi connectivity index (χ1n) is 11.5. The maximum absolute atomic E-state index is 11.8. The molecule has 0 heterocycles. The van der Waals surface area contributed by atoms with Crippen molar-refractivity contribution in [2.45, 2.75) is 57.8 Å². The Bertz CT molecular complexity index is 870. The summed E-state index contributed by atoms with van der Waals surface area (Å²) in [6.45, 7) is 0. The lowest BCUT2D eigenvalue weighted by molar-refractivity contribution is -0.158. The van der Waals surface area contributed by atoms with Crippen LogP contribution < -0.4 is 0 Å². The van der Waals surface area contributed by atoms with E-state index in [4.69, 9.17) is 14.6 Å². The van der Waals surface area contributed by atoms with Crippen molar-refractivity contribution in [2.24, 2.45) is 5.92 Å². The van der Waals surface area contributed by atoms with E-state index < -0.39 is 23.8 Å². The first-order chi connectivity index (χ1) is 15.9. The number of carboxylic acids is 1. The molecule has 0 saturated heterocycles. The lowest BCUT2D eigenvalue weighted by atomic mass is 9.97. The van der Waals surface area contributed by atoms with Crippen molar-refractivity contribution in [1.82, 2.24) is 0 Å². The van der Waals surface area contributed by atoms with Gasteiger partial charge in [0.2, 0.25) is 0 Å². The van der Waals surface area contributed by atoms with Crippen molar-refractivity contribution >= 4 is 17.9 Å². The predicted octanol–water partition coefficient (Wildman–Crippen LogP) is 4.55. The zero-order valence-electron chi connectivity index (χ0n) is 19.5. The van der Waals surface area contributed by atoms with Gasteiger partial charge >= 0.3 is 17.9 Å². The highest BCUT2D eigenvalue weighted by Crippen LogP contribution is 2.16. The molecule has 0 aliphatic rings. The number of benzene rings is 2. The smallest absolute Gasteiger partial charge is 0.320 e. The van der Waals surface area contributed by atoms with Crippen LogP contribution in [0, 0.1) is 5.92 Å². The van der Waals surface area contributed by atoms with Gasteiger partial charge in [-0.1, -0.05) is 61.4 Å². The number of carboxylic acid groups (broad SMARTS) is 1. The number of aliphatic carboxylic acids is 1. The highest BCUT2D eigenvalue weighted by Gasteiger charge is 2.28. The van der Waals surface area contributed by atoms with Gasteiger partial charge in [-0.05, 0) is 60.8 Å². The van der Waals surface area contributed by atoms with Crippen molar-refractivity contribution in [2.75, 3.05) is 14.2 Å². The largest absolute Gasteiger partial charge is 0.481 e. The second-order valence-electron chi connectivity index (χ2n) is 8.24. The fourth-order valence-electron chi connectivity index (χ4n) is 3.76. The molecule has 0 fully saturated rings. The molecule has 6 heteroatoms. The van der Waals surface area contributed by atoms with E-state index in [2.05, 4.69) is 12.1 Å². The van der Waals surface area contributed by atoms with E-state index in [0.717, 1.165) is 43.2 Å². The Kier molecular flexibility index (Phi) is 11.1. The van der Waals surface area contributed by atoms with E-state index in [0.29, 0.717) is 6.42 Å². The topological polar surface area (TPSA) is 89.9 Å². The lowest BCUT2D eigenvalue weighted by Crippen LogP contribution is -2.28. The number of methoxy groups -OCH3 is 2. The van der Waals surface area contributed by atoms with Gasteiger partial charge < -0.3 is 14.6 Å². The molecule has 0 aliphatic carbocycles. The third kappa shape index (κ3) is 9.48. The number of carbonyl (C=O) groups excluding carboxylic acids is 2. The molecule has 6 nitrogen and oxygen atoms in total. The van der Waals surface area contributed by atoms with E-state index in [1.54, 1.807) is 0 Å². The fraction of sp³-hybridized carbons (Fsp3) is 0.444. The molecular formula is C27H34O6. The Labute approximate surface area is 195 Å². The summed E-state index contributed by atoms with van der Waals surface area (Å²) in [5.41, 5.74) is 4.50. The average molecular weight is 455 g/mol. The minimum absolute atomic E-state index is 0.170. The number of hydrogen-bond acceptors (Lipinski definition) is 5. The summed E-state index contributed by atoms with van der Waals surface area (Å²) in [6, 6.07) is 16.3. The molecule has 1 N–H and O–H groups in total. The highest BCUT2D eigenvalue weighted by atomic mass is 16.5. The number of ether oxygens (including phenoxy) is 2. The molecule has 0 radical (unpaired) electrons. The van der Waals surface area contributed by atoms with E-state index >= 15 is 0 Å². The summed E-state index contributed by atoms with van der Waals surface area (Å²) >= 11 is 0. The Morgan fingerprint density at radius 1 is 0.667 bits per heavy atom. The Morgan fingerprint density at radius 2 is 1.06 bits per heavy atom. The van der Waals surface area contributed by atoms with Crippen LogP contribution in [0.4, 0.5) is 0 Å². The van der Waals surface area contributed by atoms with E-state index in [1.807, 2.05) is 36.4 Å². The van der Waals surface area contributed by atoms with Gasteiger partial charge in [0.1, 0.15) is 0 Å². The molecule has 2 aromatic rings. The molecule has 0 saturated carbocycles. The maximum atomic E-state index is 11.8. The SMILES string of the molecule is COC(=O)C(Cc1ccc(CCCCCCc2ccc(CCC(=O)O)cc2)cc1)C(=O)OC. The van der Waals surface area contributed by atoms with Gasteiger partial charge in [-0.25, -0.2) is 0 Å². The summed E-state index contributed by atoms with van der Waals surface area (Å²) in [7, 11) is 2.53. The average Bonchev–Trinajstić information content (AvgIpc) is 2.83. The number of carbonyl (C=O) groups is 3. The van der Waals surface area contributed by atoms with Crippen LogP contribution in [0.5, 0.6) is 0 Å². The van der Waals surface area contributed by atoms with Gasteiger partial charge in [0.15, 0.2) is 5.92 Å². The molecule has 0 amide bonds. The number of esters is 2. The van der Waals surface area contributed by atoms with Crippen LogP contribution in [0.15, 0.2) is 48.5 Å². The third-order valence-corrected chi connectivity index (χ3v) is 5.77. The van der Waals surface area contributed by atoms with E-state index in [-0.39, 0.29) is 12.8 Å². The third-order valence-electron chi connectivity index (χ3n) is 5.77. The molecule has 33 heavy (non-hydrogen) atoms. The maximum Gasteiger partial charge on any atom is 0.320 e. The summed E-state index contributed by atoms with van der Waals surface area (Å²) in [5.74, 6) is -2.87. The molecule has 178 valence electrons. The summed E-state index contributed by atoms with van der Waals surface area (Å²) in [5, 5.41) is 8.76. The Hall–Kier alpha value is -3.15. The zero-order valence-corrected chi connectivity index (χ0v) is 19.5. The van der Waals surface area contributed by atoms with Gasteiger partial charge in [0, 0.05) is 6.42 Å². The first-order valence-corrected chi connectivity index (χ1v) is 11.5. The van der Waals surface area contributed by atoms with Crippen LogP contribution in [-0.2, 0) is 49.5 Å². The lowest BCUT2D eigenvalue weighted by Gasteiger charge is -2.12. The van der Waals surface area contributed by atoms with E-state index in [1.165, 1.54) is 31.8 Å². The van der Waals surface area contributed by atoms with Gasteiger partial charge in [-0.2, -0.15) is 0 Å². The molecule has 2 rings (SSSR count). The van der Waals surface area contributed by atoms with Crippen LogP contribution in [-0.4, -0.2) is 37.2 Å². The van der Waals surface area contributed by atoms with Crippen molar-refractivity contribution in [3.63, 3.8) is 0 Å². The second-order valence-corrected chi connectivity index (χ2v) is 8.24. The number of hydrogen-bond donors (Lipinski definition) is 1.